The van der Waals surface area contributed by atoms with Crippen molar-refractivity contribution in [2.45, 2.75) is 98.2 Å². The number of aromatic nitrogens is 2. The molecule has 39 heavy (non-hydrogen) atoms. The Morgan fingerprint density at radius 3 is 1.97 bits per heavy atom. The van der Waals surface area contributed by atoms with E-state index in [9.17, 15) is 19.3 Å². The summed E-state index contributed by atoms with van der Waals surface area (Å²) in [4.78, 5) is 30.5. The van der Waals surface area contributed by atoms with Crippen LogP contribution in [0.4, 0.5) is 5.82 Å². The highest BCUT2D eigenvalue weighted by atomic mass is 31.2. The van der Waals surface area contributed by atoms with Gasteiger partial charge in [-0.1, -0.05) is 18.2 Å². The summed E-state index contributed by atoms with van der Waals surface area (Å²) in [6, 6.07) is 8.63. The van der Waals surface area contributed by atoms with Gasteiger partial charge in [-0.3, -0.25) is 13.9 Å². The number of nitrogens with one attached hydrogen (secondary N) is 1. The zero-order valence-electron chi connectivity index (χ0n) is 25.0. The maximum Gasteiger partial charge on any atom is 0.361 e. The number of carbonyl (C=O) groups excluding carboxylic acids is 1. The van der Waals surface area contributed by atoms with Crippen LogP contribution >= 0.6 is 7.60 Å². The minimum absolute atomic E-state index is 0.130. The van der Waals surface area contributed by atoms with Crippen LogP contribution in [0.25, 0.3) is 0 Å². The van der Waals surface area contributed by atoms with Gasteiger partial charge in [0.15, 0.2) is 5.34 Å². The zero-order valence-corrected chi connectivity index (χ0v) is 25.9. The van der Waals surface area contributed by atoms with Gasteiger partial charge in [-0.25, -0.2) is 4.79 Å². The Morgan fingerprint density at radius 1 is 1.00 bits per heavy atom. The van der Waals surface area contributed by atoms with Crippen LogP contribution in [0, 0.1) is 13.8 Å². The summed E-state index contributed by atoms with van der Waals surface area (Å²) < 4.78 is 32.9. The second-order valence-electron chi connectivity index (χ2n) is 11.1. The summed E-state index contributed by atoms with van der Waals surface area (Å²) in [7, 11) is -3.82. The first-order valence-corrected chi connectivity index (χ1v) is 14.6. The van der Waals surface area contributed by atoms with Crippen molar-refractivity contribution < 1.29 is 28.3 Å². The minimum Gasteiger partial charge on any atom is -0.387 e. The molecule has 2 N–H and O–H groups in total. The third kappa shape index (κ3) is 6.20. The number of hydrogen-bond acceptors (Lipinski definition) is 8. The summed E-state index contributed by atoms with van der Waals surface area (Å²) >= 11 is 0. The lowest BCUT2D eigenvalue weighted by Gasteiger charge is -2.55. The van der Waals surface area contributed by atoms with Crippen LogP contribution in [0.15, 0.2) is 35.1 Å². The Hall–Kier alpha value is -2.36. The van der Waals surface area contributed by atoms with Gasteiger partial charge in [-0.2, -0.15) is 4.98 Å². The molecule has 10 nitrogen and oxygen atoms in total. The Balaban J connectivity index is 2.67. The van der Waals surface area contributed by atoms with Crippen molar-refractivity contribution in [2.24, 2.45) is 0 Å². The number of carbonyl (C=O) groups is 1. The molecule has 0 bridgehead atoms. The average Bonchev–Trinajstić information content (AvgIpc) is 2.81. The Morgan fingerprint density at radius 2 is 1.51 bits per heavy atom. The van der Waals surface area contributed by atoms with Gasteiger partial charge in [0.25, 0.3) is 5.91 Å². The van der Waals surface area contributed by atoms with Crippen molar-refractivity contribution >= 4 is 19.3 Å². The summed E-state index contributed by atoms with van der Waals surface area (Å²) in [6.07, 6.45) is 0. The SMILES string of the molecule is CCOP(=O)(OCC)C(C)(C)O[C@](C)(C(C)(C)O)C(C)(C)n1c(C)c(C)c(NC(=O)c2ccccc2)nc1=O. The minimum atomic E-state index is -3.82. The van der Waals surface area contributed by atoms with Crippen molar-refractivity contribution in [3.63, 3.8) is 0 Å². The largest absolute Gasteiger partial charge is 0.387 e. The molecule has 0 aliphatic rings. The molecule has 2 aromatic rings. The number of anilines is 1. The summed E-state index contributed by atoms with van der Waals surface area (Å²) in [5.74, 6) is -0.252. The highest BCUT2D eigenvalue weighted by molar-refractivity contribution is 7.55. The van der Waals surface area contributed by atoms with Crippen LogP contribution in [0.1, 0.15) is 83.9 Å². The second kappa shape index (κ2) is 11.6. The average molecular weight is 566 g/mol. The molecule has 218 valence electrons. The lowest BCUT2D eigenvalue weighted by atomic mass is 9.72. The van der Waals surface area contributed by atoms with Crippen molar-refractivity contribution in [3.05, 3.63) is 57.6 Å². The number of ether oxygens (including phenoxy) is 1. The van der Waals surface area contributed by atoms with Crippen molar-refractivity contribution in [3.8, 4) is 0 Å². The molecule has 1 amide bonds. The third-order valence-corrected chi connectivity index (χ3v) is 10.1. The maximum atomic E-state index is 13.8. The molecule has 0 aliphatic heterocycles. The number of aliphatic hydroxyl groups is 1. The van der Waals surface area contributed by atoms with E-state index in [0.717, 1.165) is 0 Å². The van der Waals surface area contributed by atoms with Crippen LogP contribution in [0.5, 0.6) is 0 Å². The van der Waals surface area contributed by atoms with Gasteiger partial charge >= 0.3 is 13.3 Å². The van der Waals surface area contributed by atoms with Crippen LogP contribution in [-0.2, 0) is 23.9 Å². The van der Waals surface area contributed by atoms with Crippen LogP contribution in [0.3, 0.4) is 0 Å². The van der Waals surface area contributed by atoms with Crippen molar-refractivity contribution in [1.29, 1.82) is 0 Å². The fourth-order valence-electron chi connectivity index (χ4n) is 4.72. The van der Waals surface area contributed by atoms with Crippen LogP contribution in [0.2, 0.25) is 0 Å². The first kappa shape index (κ1) is 32.8. The Kier molecular flexibility index (Phi) is 9.80. The molecule has 0 aliphatic carbocycles. The monoisotopic (exact) mass is 565 g/mol. The van der Waals surface area contributed by atoms with Crippen molar-refractivity contribution in [1.82, 2.24) is 9.55 Å². The van der Waals surface area contributed by atoms with Crippen LogP contribution < -0.4 is 11.0 Å². The molecule has 0 saturated carbocycles. The van der Waals surface area contributed by atoms with Crippen molar-refractivity contribution in [2.75, 3.05) is 18.5 Å². The molecular weight excluding hydrogens is 521 g/mol. The summed E-state index contributed by atoms with van der Waals surface area (Å²) in [5.41, 5.74) is -3.49. The molecule has 0 unspecified atom stereocenters. The highest BCUT2D eigenvalue weighted by Crippen LogP contribution is 2.62. The Labute approximate surface area is 231 Å². The third-order valence-electron chi connectivity index (χ3n) is 7.51. The van der Waals surface area contributed by atoms with E-state index in [1.807, 2.05) is 0 Å². The predicted octanol–water partition coefficient (Wildman–Crippen LogP) is 5.40. The van der Waals surface area contributed by atoms with Gasteiger partial charge in [-0.15, -0.1) is 0 Å². The van der Waals surface area contributed by atoms with E-state index in [1.165, 1.54) is 4.57 Å². The number of benzene rings is 1. The lowest BCUT2D eigenvalue weighted by Crippen LogP contribution is -2.67. The standard InChI is InChI=1S/C28H44N3O7P/c1-12-36-39(35,37-13-2)27(9,10)38-28(11,26(7,8)34)25(5,6)31-20(4)19(3)22(30-24(31)33)29-23(32)21-17-15-14-16-18-21/h14-18,34H,12-13H2,1-11H3,(H,29,30,32,33)/t28-/m0/s1. The molecule has 1 aromatic carbocycles. The molecule has 0 spiro atoms. The van der Waals surface area contributed by atoms with E-state index in [-0.39, 0.29) is 19.0 Å². The number of rotatable bonds is 12. The summed E-state index contributed by atoms with van der Waals surface area (Å²) in [5, 5.41) is 12.7. The van der Waals surface area contributed by atoms with Gasteiger partial charge in [0, 0.05) is 16.8 Å². The van der Waals surface area contributed by atoms with E-state index in [0.29, 0.717) is 16.8 Å². The van der Waals surface area contributed by atoms with E-state index in [2.05, 4.69) is 10.3 Å². The highest BCUT2D eigenvalue weighted by Gasteiger charge is 2.60. The number of nitrogens with zero attached hydrogens (tertiary/aromatic N) is 2. The smallest absolute Gasteiger partial charge is 0.361 e. The van der Waals surface area contributed by atoms with Gasteiger partial charge in [-0.05, 0) is 88.3 Å². The molecule has 0 saturated heterocycles. The van der Waals surface area contributed by atoms with E-state index in [4.69, 9.17) is 13.8 Å². The molecule has 2 rings (SSSR count). The topological polar surface area (TPSA) is 129 Å². The fraction of sp³-hybridized carbons (Fsp3) is 0.607. The predicted molar refractivity (Wildman–Crippen MR) is 152 cm³/mol. The quantitative estimate of drug-likeness (QED) is 0.328. The van der Waals surface area contributed by atoms with E-state index >= 15 is 0 Å². The normalized spacial score (nSPS) is 14.7. The first-order chi connectivity index (χ1) is 17.8. The molecular formula is C28H44N3O7P. The van der Waals surface area contributed by atoms with Crippen LogP contribution in [-0.4, -0.2) is 50.3 Å². The van der Waals surface area contributed by atoms with Gasteiger partial charge < -0.3 is 24.2 Å². The molecule has 1 aromatic heterocycles. The molecule has 1 heterocycles. The number of amides is 1. The molecule has 1 atom stereocenters. The second-order valence-corrected chi connectivity index (χ2v) is 13.7. The van der Waals surface area contributed by atoms with Gasteiger partial charge in [0.1, 0.15) is 11.4 Å². The van der Waals surface area contributed by atoms with E-state index in [1.54, 1.807) is 106 Å². The molecule has 0 fully saturated rings. The first-order valence-electron chi connectivity index (χ1n) is 13.1. The number of hydrogen-bond donors (Lipinski definition) is 2. The molecule has 0 radical (unpaired) electrons. The maximum absolute atomic E-state index is 13.8. The fourth-order valence-corrected chi connectivity index (χ4v) is 6.39. The summed E-state index contributed by atoms with van der Waals surface area (Å²) in [6.45, 7) is 18.6. The zero-order chi connectivity index (χ0) is 30.0. The van der Waals surface area contributed by atoms with E-state index < -0.39 is 41.3 Å². The van der Waals surface area contributed by atoms with Gasteiger partial charge in [0.05, 0.1) is 24.4 Å². The lowest BCUT2D eigenvalue weighted by molar-refractivity contribution is -0.238. The Bertz CT molecular complexity index is 1270. The molecule has 11 heteroatoms. The van der Waals surface area contributed by atoms with Gasteiger partial charge in [0.2, 0.25) is 0 Å².